The number of carbonyl (C=O) groups is 3. The molecule has 0 radical (unpaired) electrons. The molecule has 470 valence electrons. The second kappa shape index (κ2) is 68.9. The number of hydrogen-bond acceptors (Lipinski definition) is 6. The monoisotopic (exact) mass is 1120 g/mol. The van der Waals surface area contributed by atoms with Crippen LogP contribution in [-0.4, -0.2) is 37.2 Å². The Kier molecular flexibility index (Phi) is 67.5. The topological polar surface area (TPSA) is 78.9 Å². The largest absolute Gasteiger partial charge is 0.462 e. The summed E-state index contributed by atoms with van der Waals surface area (Å²) >= 11 is 0. The highest BCUT2D eigenvalue weighted by Crippen LogP contribution is 2.20. The Morgan fingerprint density at radius 2 is 0.342 bits per heavy atom. The predicted molar refractivity (Wildman–Crippen MR) is 344 cm³/mol. The number of esters is 3. The van der Waals surface area contributed by atoms with Crippen LogP contribution in [0.2, 0.25) is 0 Å². The summed E-state index contributed by atoms with van der Waals surface area (Å²) in [7, 11) is 0. The van der Waals surface area contributed by atoms with Crippen LogP contribution in [0.4, 0.5) is 0 Å². The minimum Gasteiger partial charge on any atom is -0.462 e. The summed E-state index contributed by atoms with van der Waals surface area (Å²) in [6.07, 6.45) is 81.5. The van der Waals surface area contributed by atoms with E-state index in [0.717, 1.165) is 57.8 Å². The Bertz CT molecular complexity index is 1190. The van der Waals surface area contributed by atoms with E-state index >= 15 is 0 Å². The third-order valence-electron chi connectivity index (χ3n) is 17.1. The fourth-order valence-corrected chi connectivity index (χ4v) is 11.6. The van der Waals surface area contributed by atoms with Gasteiger partial charge in [0, 0.05) is 19.3 Å². The van der Waals surface area contributed by atoms with E-state index in [4.69, 9.17) is 14.2 Å². The molecule has 0 aliphatic heterocycles. The molecule has 0 N–H and O–H groups in total. The lowest BCUT2D eigenvalue weighted by atomic mass is 10.0. The van der Waals surface area contributed by atoms with Crippen LogP contribution in [-0.2, 0) is 28.6 Å². The summed E-state index contributed by atoms with van der Waals surface area (Å²) in [5, 5.41) is 0. The van der Waals surface area contributed by atoms with Crippen LogP contribution in [0.3, 0.4) is 0 Å². The van der Waals surface area contributed by atoms with Gasteiger partial charge in [0.2, 0.25) is 0 Å². The summed E-state index contributed by atoms with van der Waals surface area (Å²) in [6.45, 7) is 6.75. The second-order valence-corrected chi connectivity index (χ2v) is 25.2. The molecule has 0 aliphatic carbocycles. The number of rotatable bonds is 69. The Morgan fingerprint density at radius 3 is 0.506 bits per heavy atom. The normalized spacial score (nSPS) is 11.9. The van der Waals surface area contributed by atoms with Gasteiger partial charge in [0.1, 0.15) is 13.2 Å². The van der Waals surface area contributed by atoms with Crippen molar-refractivity contribution in [3.8, 4) is 0 Å². The van der Waals surface area contributed by atoms with E-state index in [1.165, 1.54) is 334 Å². The van der Waals surface area contributed by atoms with Crippen molar-refractivity contribution in [2.75, 3.05) is 13.2 Å². The van der Waals surface area contributed by atoms with Gasteiger partial charge >= 0.3 is 17.9 Å². The third-order valence-corrected chi connectivity index (χ3v) is 17.1. The van der Waals surface area contributed by atoms with E-state index in [9.17, 15) is 14.4 Å². The van der Waals surface area contributed by atoms with Crippen molar-refractivity contribution < 1.29 is 28.6 Å². The van der Waals surface area contributed by atoms with Crippen molar-refractivity contribution >= 4 is 17.9 Å². The molecule has 0 rings (SSSR count). The molecular formula is C73H142O6. The van der Waals surface area contributed by atoms with Gasteiger partial charge in [-0.15, -0.1) is 0 Å². The zero-order valence-corrected chi connectivity index (χ0v) is 54.2. The highest BCUT2D eigenvalue weighted by atomic mass is 16.6. The predicted octanol–water partition coefficient (Wildman–Crippen LogP) is 25.0. The Balaban J connectivity index is 4.14. The first-order chi connectivity index (χ1) is 39.0. The first-order valence-corrected chi connectivity index (χ1v) is 36.5. The fourth-order valence-electron chi connectivity index (χ4n) is 11.6. The molecule has 1 unspecified atom stereocenters. The Hall–Kier alpha value is -1.59. The number of carbonyl (C=O) groups excluding carboxylic acids is 3. The summed E-state index contributed by atoms with van der Waals surface area (Å²) in [4.78, 5) is 38.4. The van der Waals surface area contributed by atoms with Crippen molar-refractivity contribution in [1.29, 1.82) is 0 Å². The first kappa shape index (κ1) is 77.4. The molecule has 0 aromatic carbocycles. The fraction of sp³-hybridized carbons (Fsp3) is 0.959. The minimum atomic E-state index is -0.763. The Morgan fingerprint density at radius 1 is 0.203 bits per heavy atom. The van der Waals surface area contributed by atoms with E-state index in [1.54, 1.807) is 0 Å². The quantitative estimate of drug-likeness (QED) is 0.0343. The molecule has 0 heterocycles. The highest BCUT2D eigenvalue weighted by molar-refractivity contribution is 5.71. The summed E-state index contributed by atoms with van der Waals surface area (Å²) in [6, 6.07) is 0. The van der Waals surface area contributed by atoms with Gasteiger partial charge < -0.3 is 14.2 Å². The van der Waals surface area contributed by atoms with Crippen molar-refractivity contribution in [3.05, 3.63) is 0 Å². The molecule has 0 aromatic rings. The van der Waals surface area contributed by atoms with Gasteiger partial charge in [-0.05, 0) is 19.3 Å². The third kappa shape index (κ3) is 67.1. The SMILES string of the molecule is CCCCCCCCCCCCCCCCCCCCCCCCCCCCCCCC(=O)OCC(COC(=O)CCCCCCCCCCCCCCCC)OC(=O)CCCCCCCCCCCCCCCCCCCC. The van der Waals surface area contributed by atoms with E-state index < -0.39 is 6.10 Å². The first-order valence-electron chi connectivity index (χ1n) is 36.5. The van der Waals surface area contributed by atoms with Gasteiger partial charge in [-0.1, -0.05) is 393 Å². The lowest BCUT2D eigenvalue weighted by molar-refractivity contribution is -0.167. The maximum atomic E-state index is 12.9. The van der Waals surface area contributed by atoms with E-state index in [-0.39, 0.29) is 31.1 Å². The number of ether oxygens (including phenoxy) is 3. The van der Waals surface area contributed by atoms with E-state index in [0.29, 0.717) is 19.3 Å². The lowest BCUT2D eigenvalue weighted by Crippen LogP contribution is -2.30. The van der Waals surface area contributed by atoms with Crippen LogP contribution >= 0.6 is 0 Å². The molecule has 0 aromatic heterocycles. The van der Waals surface area contributed by atoms with Gasteiger partial charge in [-0.25, -0.2) is 0 Å². The van der Waals surface area contributed by atoms with Gasteiger partial charge in [0.25, 0.3) is 0 Å². The van der Waals surface area contributed by atoms with Crippen LogP contribution < -0.4 is 0 Å². The molecule has 0 aliphatic rings. The van der Waals surface area contributed by atoms with Gasteiger partial charge in [0.15, 0.2) is 6.10 Å². The lowest BCUT2D eigenvalue weighted by Gasteiger charge is -2.18. The van der Waals surface area contributed by atoms with Crippen LogP contribution in [0.5, 0.6) is 0 Å². The maximum absolute atomic E-state index is 12.9. The molecule has 0 saturated heterocycles. The molecule has 79 heavy (non-hydrogen) atoms. The summed E-state index contributed by atoms with van der Waals surface area (Å²) in [5.74, 6) is -0.819. The molecular weight excluding hydrogens is 973 g/mol. The molecule has 0 fully saturated rings. The van der Waals surface area contributed by atoms with Crippen molar-refractivity contribution in [2.24, 2.45) is 0 Å². The molecule has 6 heteroatoms. The number of unbranched alkanes of at least 4 members (excludes halogenated alkanes) is 58. The van der Waals surface area contributed by atoms with Crippen molar-refractivity contribution in [3.63, 3.8) is 0 Å². The van der Waals surface area contributed by atoms with Crippen LogP contribution in [0.1, 0.15) is 432 Å². The zero-order chi connectivity index (χ0) is 57.1. The van der Waals surface area contributed by atoms with Crippen LogP contribution in [0.25, 0.3) is 0 Å². The minimum absolute atomic E-state index is 0.0601. The molecule has 0 saturated carbocycles. The molecule has 0 amide bonds. The van der Waals surface area contributed by atoms with Gasteiger partial charge in [-0.2, -0.15) is 0 Å². The average molecular weight is 1120 g/mol. The molecule has 0 spiro atoms. The number of hydrogen-bond donors (Lipinski definition) is 0. The van der Waals surface area contributed by atoms with Gasteiger partial charge in [-0.3, -0.25) is 14.4 Å². The van der Waals surface area contributed by atoms with E-state index in [1.807, 2.05) is 0 Å². The standard InChI is InChI=1S/C73H142O6/c1-4-7-10-13-16-19-22-25-28-30-32-33-34-35-36-37-38-39-40-41-42-44-45-48-51-54-57-60-63-66-72(75)78-69-70(68-77-71(74)65-62-59-56-53-50-47-27-24-21-18-15-12-9-6-3)79-73(76)67-64-61-58-55-52-49-46-43-31-29-26-23-20-17-14-11-8-5-2/h70H,4-69H2,1-3H3. The smallest absolute Gasteiger partial charge is 0.306 e. The van der Waals surface area contributed by atoms with Crippen LogP contribution in [0, 0.1) is 0 Å². The van der Waals surface area contributed by atoms with Crippen molar-refractivity contribution in [1.82, 2.24) is 0 Å². The highest BCUT2D eigenvalue weighted by Gasteiger charge is 2.20. The Labute approximate surface area is 495 Å². The van der Waals surface area contributed by atoms with Crippen LogP contribution in [0.15, 0.2) is 0 Å². The van der Waals surface area contributed by atoms with Crippen molar-refractivity contribution in [2.45, 2.75) is 438 Å². The molecule has 1 atom stereocenters. The summed E-state index contributed by atoms with van der Waals surface area (Å²) < 4.78 is 17.0. The average Bonchev–Trinajstić information content (AvgIpc) is 3.45. The second-order valence-electron chi connectivity index (χ2n) is 25.2. The summed E-state index contributed by atoms with van der Waals surface area (Å²) in [5.41, 5.74) is 0. The van der Waals surface area contributed by atoms with Gasteiger partial charge in [0.05, 0.1) is 0 Å². The molecule has 6 nitrogen and oxygen atoms in total. The maximum Gasteiger partial charge on any atom is 0.306 e. The van der Waals surface area contributed by atoms with E-state index in [2.05, 4.69) is 20.8 Å². The molecule has 0 bridgehead atoms. The zero-order valence-electron chi connectivity index (χ0n) is 54.2.